The van der Waals surface area contributed by atoms with Gasteiger partial charge < -0.3 is 0 Å². The van der Waals surface area contributed by atoms with E-state index in [-0.39, 0.29) is 0 Å². The minimum atomic E-state index is 0.323. The van der Waals surface area contributed by atoms with E-state index in [0.29, 0.717) is 23.8 Å². The first-order valence-corrected chi connectivity index (χ1v) is 12.3. The van der Waals surface area contributed by atoms with Crippen LogP contribution < -0.4 is 0 Å². The summed E-state index contributed by atoms with van der Waals surface area (Å²) >= 11 is 5.24. The fourth-order valence-corrected chi connectivity index (χ4v) is 6.14. The van der Waals surface area contributed by atoms with E-state index in [2.05, 4.69) is 52.0 Å². The molecule has 10 heteroatoms. The normalized spacial score (nSPS) is 16.8. The van der Waals surface area contributed by atoms with Gasteiger partial charge in [-0.15, -0.1) is 16.4 Å². The van der Waals surface area contributed by atoms with E-state index in [1.807, 2.05) is 39.2 Å². The van der Waals surface area contributed by atoms with Crippen LogP contribution in [-0.4, -0.2) is 39.1 Å². The van der Waals surface area contributed by atoms with Crippen molar-refractivity contribution in [1.29, 1.82) is 0 Å². The molecule has 5 aromatic heterocycles. The van der Waals surface area contributed by atoms with E-state index in [1.165, 1.54) is 22.2 Å². The van der Waals surface area contributed by atoms with Crippen LogP contribution >= 0.6 is 27.3 Å². The molecule has 0 amide bonds. The minimum Gasteiger partial charge on any atom is -0.250 e. The Morgan fingerprint density at radius 1 is 1.22 bits per heavy atom. The van der Waals surface area contributed by atoms with Gasteiger partial charge in [0.25, 0.3) is 0 Å². The molecule has 0 saturated carbocycles. The van der Waals surface area contributed by atoms with Crippen LogP contribution in [0.25, 0.3) is 27.4 Å². The average Bonchev–Trinajstić information content (AvgIpc) is 3.51. The maximum Gasteiger partial charge on any atom is 0.202 e. The second-order valence-corrected chi connectivity index (χ2v) is 11.5. The number of halogens is 1. The smallest absolute Gasteiger partial charge is 0.202 e. The van der Waals surface area contributed by atoms with E-state index in [0.717, 1.165) is 33.5 Å². The SMILES string of the molecule is CC(C)(C)C1CCc2c(sc3ncn4nc(-c5ccn(Cn6cc(Br)cn6)n5)nc4c23)C1. The number of nitrogens with zero attached hydrogens (tertiary/aromatic N) is 8. The zero-order chi connectivity index (χ0) is 22.0. The zero-order valence-corrected chi connectivity index (χ0v) is 20.6. The van der Waals surface area contributed by atoms with Crippen LogP contribution in [0.2, 0.25) is 0 Å². The lowest BCUT2D eigenvalue weighted by molar-refractivity contribution is 0.218. The lowest BCUT2D eigenvalue weighted by atomic mass is 9.72. The van der Waals surface area contributed by atoms with E-state index in [9.17, 15) is 0 Å². The van der Waals surface area contributed by atoms with Gasteiger partial charge in [0.05, 0.1) is 16.1 Å². The standard InChI is InChI=1S/C22H23BrN8S/c1-22(2,3)13-4-5-15-17(8-13)32-21-18(15)20-26-19(28-31(20)11-24-21)16-6-7-29(27-16)12-30-10-14(23)9-25-30/h6-7,9-11,13H,4-5,8,12H2,1-3H3. The number of fused-ring (bicyclic) bond motifs is 5. The van der Waals surface area contributed by atoms with Gasteiger partial charge in [-0.25, -0.2) is 19.2 Å². The van der Waals surface area contributed by atoms with Crippen LogP contribution in [0.3, 0.4) is 0 Å². The monoisotopic (exact) mass is 510 g/mol. The fourth-order valence-electron chi connectivity index (χ4n) is 4.55. The predicted octanol–water partition coefficient (Wildman–Crippen LogP) is 4.82. The van der Waals surface area contributed by atoms with Crippen LogP contribution in [0, 0.1) is 11.3 Å². The highest BCUT2D eigenvalue weighted by Gasteiger charge is 2.31. The van der Waals surface area contributed by atoms with Crippen molar-refractivity contribution in [2.45, 2.75) is 46.7 Å². The van der Waals surface area contributed by atoms with Crippen molar-refractivity contribution >= 4 is 43.1 Å². The Kier molecular flexibility index (Phi) is 4.52. The summed E-state index contributed by atoms with van der Waals surface area (Å²) in [6.07, 6.45) is 10.8. The molecule has 0 N–H and O–H groups in total. The van der Waals surface area contributed by atoms with Gasteiger partial charge in [0.2, 0.25) is 5.82 Å². The summed E-state index contributed by atoms with van der Waals surface area (Å²) in [5.74, 6) is 1.31. The second kappa shape index (κ2) is 7.21. The van der Waals surface area contributed by atoms with Gasteiger partial charge in [0, 0.05) is 17.3 Å². The molecule has 0 spiro atoms. The Hall–Kier alpha value is -2.59. The number of hydrogen-bond acceptors (Lipinski definition) is 6. The highest BCUT2D eigenvalue weighted by molar-refractivity contribution is 9.10. The first-order valence-electron chi connectivity index (χ1n) is 10.7. The molecule has 164 valence electrons. The summed E-state index contributed by atoms with van der Waals surface area (Å²) < 4.78 is 6.38. The molecule has 1 aliphatic carbocycles. The molecule has 8 nitrogen and oxygen atoms in total. The van der Waals surface area contributed by atoms with Crippen LogP contribution in [0.4, 0.5) is 0 Å². The quantitative estimate of drug-likeness (QED) is 0.347. The van der Waals surface area contributed by atoms with E-state index >= 15 is 0 Å². The maximum atomic E-state index is 4.90. The van der Waals surface area contributed by atoms with Crippen molar-refractivity contribution in [3.8, 4) is 11.5 Å². The second-order valence-electron chi connectivity index (χ2n) is 9.52. The summed E-state index contributed by atoms with van der Waals surface area (Å²) in [6.45, 7) is 7.57. The van der Waals surface area contributed by atoms with E-state index in [1.54, 1.807) is 17.0 Å². The highest BCUT2D eigenvalue weighted by Crippen LogP contribution is 2.43. The predicted molar refractivity (Wildman–Crippen MR) is 128 cm³/mol. The molecular formula is C22H23BrN8S. The number of aromatic nitrogens is 8. The Balaban J connectivity index is 1.37. The summed E-state index contributed by atoms with van der Waals surface area (Å²) in [4.78, 5) is 12.1. The van der Waals surface area contributed by atoms with Crippen molar-refractivity contribution in [3.05, 3.63) is 45.9 Å². The Bertz CT molecular complexity index is 1450. The molecule has 0 saturated heterocycles. The third-order valence-corrected chi connectivity index (χ3v) is 7.94. The average molecular weight is 511 g/mol. The molecular weight excluding hydrogens is 488 g/mol. The summed E-state index contributed by atoms with van der Waals surface area (Å²) in [6, 6.07) is 1.94. The first kappa shape index (κ1) is 20.0. The van der Waals surface area contributed by atoms with Crippen molar-refractivity contribution in [1.82, 2.24) is 39.1 Å². The van der Waals surface area contributed by atoms with Crippen molar-refractivity contribution < 1.29 is 0 Å². The molecule has 6 rings (SSSR count). The highest BCUT2D eigenvalue weighted by atomic mass is 79.9. The molecule has 1 unspecified atom stereocenters. The van der Waals surface area contributed by atoms with Crippen molar-refractivity contribution in [2.75, 3.05) is 0 Å². The molecule has 1 aliphatic rings. The van der Waals surface area contributed by atoms with Gasteiger partial charge >= 0.3 is 0 Å². The summed E-state index contributed by atoms with van der Waals surface area (Å²) in [7, 11) is 0. The molecule has 0 fully saturated rings. The van der Waals surface area contributed by atoms with E-state index in [4.69, 9.17) is 9.97 Å². The van der Waals surface area contributed by atoms with Gasteiger partial charge in [-0.05, 0) is 58.2 Å². The van der Waals surface area contributed by atoms with Gasteiger partial charge in [-0.1, -0.05) is 20.8 Å². The van der Waals surface area contributed by atoms with Gasteiger partial charge in [-0.2, -0.15) is 10.2 Å². The number of hydrogen-bond donors (Lipinski definition) is 0. The molecule has 5 aromatic rings. The van der Waals surface area contributed by atoms with Gasteiger partial charge in [-0.3, -0.25) is 4.68 Å². The molecule has 32 heavy (non-hydrogen) atoms. The van der Waals surface area contributed by atoms with Gasteiger partial charge in [0.1, 0.15) is 23.5 Å². The minimum absolute atomic E-state index is 0.323. The third-order valence-electron chi connectivity index (χ3n) is 6.37. The summed E-state index contributed by atoms with van der Waals surface area (Å²) in [5.41, 5.74) is 3.36. The number of rotatable bonds is 3. The van der Waals surface area contributed by atoms with Crippen LogP contribution in [0.1, 0.15) is 37.6 Å². The third kappa shape index (κ3) is 3.36. The maximum absolute atomic E-state index is 4.90. The van der Waals surface area contributed by atoms with Crippen LogP contribution in [0.15, 0.2) is 35.5 Å². The van der Waals surface area contributed by atoms with Crippen molar-refractivity contribution in [3.63, 3.8) is 0 Å². The van der Waals surface area contributed by atoms with Crippen LogP contribution in [-0.2, 0) is 19.5 Å². The largest absolute Gasteiger partial charge is 0.250 e. The molecule has 5 heterocycles. The molecule has 0 aromatic carbocycles. The Morgan fingerprint density at radius 2 is 2.09 bits per heavy atom. The zero-order valence-electron chi connectivity index (χ0n) is 18.2. The topological polar surface area (TPSA) is 78.7 Å². The first-order chi connectivity index (χ1) is 15.3. The Morgan fingerprint density at radius 3 is 2.88 bits per heavy atom. The number of aryl methyl sites for hydroxylation is 1. The van der Waals surface area contributed by atoms with Crippen molar-refractivity contribution in [2.24, 2.45) is 11.3 Å². The summed E-state index contributed by atoms with van der Waals surface area (Å²) in [5, 5.41) is 14.8. The van der Waals surface area contributed by atoms with Gasteiger partial charge in [0.15, 0.2) is 5.65 Å². The number of thiophene rings is 1. The van der Waals surface area contributed by atoms with E-state index < -0.39 is 0 Å². The lowest BCUT2D eigenvalue weighted by Crippen LogP contribution is -2.26. The molecule has 0 bridgehead atoms. The Labute approximate surface area is 197 Å². The van der Waals surface area contributed by atoms with Crippen LogP contribution in [0.5, 0.6) is 0 Å². The molecule has 0 radical (unpaired) electrons. The lowest BCUT2D eigenvalue weighted by Gasteiger charge is -2.33. The molecule has 1 atom stereocenters. The molecule has 0 aliphatic heterocycles. The fraction of sp³-hybridized carbons (Fsp3) is 0.409.